The highest BCUT2D eigenvalue weighted by atomic mass is 32.1. The summed E-state index contributed by atoms with van der Waals surface area (Å²) in [5.41, 5.74) is 4.76. The Balaban J connectivity index is 2.36. The number of carbonyl (C=O) groups is 1. The summed E-state index contributed by atoms with van der Waals surface area (Å²) in [6, 6.07) is 9.02. The van der Waals surface area contributed by atoms with Crippen LogP contribution in [-0.4, -0.2) is 25.5 Å². The standard InChI is InChI=1S/C31H50O3SSi/c1-13-31(14-2,26-20-22(4)27(35-26)28(32)33)24-17-15-23(21(3)19-24)16-18-25(29(5,6)7)34-36(11,12)30(8,9)10/h15,17,19-20,25H,13-14,16,18H2,1-12H3,(H,32,33). The van der Waals surface area contributed by atoms with Gasteiger partial charge in [-0.05, 0) is 91.4 Å². The number of hydrogen-bond acceptors (Lipinski definition) is 3. The lowest BCUT2D eigenvalue weighted by molar-refractivity contribution is 0.0657. The van der Waals surface area contributed by atoms with Crippen molar-refractivity contribution in [2.45, 2.75) is 125 Å². The summed E-state index contributed by atoms with van der Waals surface area (Å²) >= 11 is 1.44. The SMILES string of the molecule is CCC(CC)(c1ccc(CCC(O[Si](C)(C)C(C)(C)C)C(C)(C)C)c(C)c1)c1cc(C)c(C(=O)O)s1. The Morgan fingerprint density at radius 3 is 2.00 bits per heavy atom. The second-order valence-corrected chi connectivity index (χ2v) is 18.9. The highest BCUT2D eigenvalue weighted by molar-refractivity contribution is 7.14. The van der Waals surface area contributed by atoms with Gasteiger partial charge < -0.3 is 9.53 Å². The van der Waals surface area contributed by atoms with Crippen molar-refractivity contribution in [3.05, 3.63) is 56.3 Å². The topological polar surface area (TPSA) is 46.5 Å². The number of carboxylic acids is 1. The van der Waals surface area contributed by atoms with Gasteiger partial charge in [0.15, 0.2) is 8.32 Å². The molecule has 1 N–H and O–H groups in total. The number of carboxylic acid groups (broad SMARTS) is 1. The third-order valence-corrected chi connectivity index (χ3v) is 14.5. The molecule has 0 saturated carbocycles. The molecular formula is C31H50O3SSi. The highest BCUT2D eigenvalue weighted by Gasteiger charge is 2.41. The van der Waals surface area contributed by atoms with Crippen LogP contribution in [0.3, 0.4) is 0 Å². The monoisotopic (exact) mass is 530 g/mol. The first-order valence-corrected chi connectivity index (χ1v) is 17.2. The van der Waals surface area contributed by atoms with Crippen LogP contribution < -0.4 is 0 Å². The van der Waals surface area contributed by atoms with Gasteiger partial charge in [-0.3, -0.25) is 0 Å². The van der Waals surface area contributed by atoms with E-state index in [0.29, 0.717) is 4.88 Å². The van der Waals surface area contributed by atoms with Crippen molar-refractivity contribution in [1.29, 1.82) is 0 Å². The van der Waals surface area contributed by atoms with E-state index in [0.717, 1.165) is 36.1 Å². The van der Waals surface area contributed by atoms with Crippen molar-refractivity contribution >= 4 is 25.6 Å². The molecule has 2 rings (SSSR count). The van der Waals surface area contributed by atoms with Crippen LogP contribution in [0.2, 0.25) is 18.1 Å². The van der Waals surface area contributed by atoms with E-state index in [1.54, 1.807) is 0 Å². The fraction of sp³-hybridized carbons (Fsp3) is 0.645. The Kier molecular flexibility index (Phi) is 9.52. The van der Waals surface area contributed by atoms with E-state index in [9.17, 15) is 9.90 Å². The van der Waals surface area contributed by atoms with Crippen LogP contribution in [-0.2, 0) is 16.3 Å². The molecule has 0 aliphatic carbocycles. The molecule has 0 bridgehead atoms. The van der Waals surface area contributed by atoms with Gasteiger partial charge in [0.25, 0.3) is 0 Å². The molecule has 1 aromatic heterocycles. The lowest BCUT2D eigenvalue weighted by Gasteiger charge is -2.43. The molecule has 0 amide bonds. The number of rotatable bonds is 10. The van der Waals surface area contributed by atoms with E-state index in [-0.39, 0.29) is 22.0 Å². The summed E-state index contributed by atoms with van der Waals surface area (Å²) in [5, 5.41) is 9.81. The minimum Gasteiger partial charge on any atom is -0.477 e. The van der Waals surface area contributed by atoms with Crippen molar-refractivity contribution in [2.24, 2.45) is 5.41 Å². The quantitative estimate of drug-likeness (QED) is 0.311. The maximum absolute atomic E-state index is 11.7. The van der Waals surface area contributed by atoms with Gasteiger partial charge in [-0.2, -0.15) is 0 Å². The molecule has 3 nitrogen and oxygen atoms in total. The molecule has 5 heteroatoms. The summed E-state index contributed by atoms with van der Waals surface area (Å²) in [6.45, 7) is 27.1. The lowest BCUT2D eigenvalue weighted by atomic mass is 9.73. The minimum atomic E-state index is -1.86. The molecule has 0 aliphatic heterocycles. The Labute approximate surface area is 225 Å². The Bertz CT molecular complexity index is 1050. The minimum absolute atomic E-state index is 0.0851. The van der Waals surface area contributed by atoms with Gasteiger partial charge in [-0.15, -0.1) is 11.3 Å². The molecule has 1 unspecified atom stereocenters. The van der Waals surface area contributed by atoms with Crippen LogP contribution in [0, 0.1) is 19.3 Å². The number of benzene rings is 1. The second kappa shape index (κ2) is 11.1. The molecule has 1 aromatic carbocycles. The van der Waals surface area contributed by atoms with Gasteiger partial charge in [-0.25, -0.2) is 4.79 Å². The molecule has 36 heavy (non-hydrogen) atoms. The van der Waals surface area contributed by atoms with E-state index in [4.69, 9.17) is 4.43 Å². The first kappa shape index (κ1) is 30.8. The molecule has 0 aliphatic rings. The summed E-state index contributed by atoms with van der Waals surface area (Å²) in [4.78, 5) is 13.3. The maximum Gasteiger partial charge on any atom is 0.346 e. The van der Waals surface area contributed by atoms with Crippen LogP contribution in [0.1, 0.15) is 111 Å². The Hall–Kier alpha value is -1.43. The zero-order valence-corrected chi connectivity index (χ0v) is 26.7. The summed E-state index contributed by atoms with van der Waals surface area (Å²) < 4.78 is 6.92. The average molecular weight is 531 g/mol. The number of thiophene rings is 1. The predicted octanol–water partition coefficient (Wildman–Crippen LogP) is 9.54. The van der Waals surface area contributed by atoms with Gasteiger partial charge in [0.2, 0.25) is 0 Å². The van der Waals surface area contributed by atoms with Crippen molar-refractivity contribution < 1.29 is 14.3 Å². The van der Waals surface area contributed by atoms with Crippen molar-refractivity contribution in [2.75, 3.05) is 0 Å². The van der Waals surface area contributed by atoms with E-state index in [1.807, 2.05) is 6.92 Å². The third-order valence-electron chi connectivity index (χ3n) is 8.57. The van der Waals surface area contributed by atoms with E-state index in [2.05, 4.69) is 99.7 Å². The van der Waals surface area contributed by atoms with Crippen molar-refractivity contribution in [1.82, 2.24) is 0 Å². The average Bonchev–Trinajstić information content (AvgIpc) is 3.14. The molecule has 0 spiro atoms. The zero-order chi connectivity index (χ0) is 27.7. The van der Waals surface area contributed by atoms with E-state index in [1.165, 1.54) is 28.0 Å². The van der Waals surface area contributed by atoms with Gasteiger partial charge >= 0.3 is 5.97 Å². The molecule has 202 valence electrons. The molecule has 1 heterocycles. The first-order valence-electron chi connectivity index (χ1n) is 13.5. The van der Waals surface area contributed by atoms with Gasteiger partial charge in [0.05, 0.1) is 6.10 Å². The lowest BCUT2D eigenvalue weighted by Crippen LogP contribution is -2.47. The van der Waals surface area contributed by atoms with Crippen LogP contribution in [0.25, 0.3) is 0 Å². The summed E-state index contributed by atoms with van der Waals surface area (Å²) in [7, 11) is -1.86. The molecule has 0 fully saturated rings. The fourth-order valence-corrected chi connectivity index (χ4v) is 7.74. The highest BCUT2D eigenvalue weighted by Crippen LogP contribution is 2.44. The van der Waals surface area contributed by atoms with Crippen molar-refractivity contribution in [3.8, 4) is 0 Å². The predicted molar refractivity (Wildman–Crippen MR) is 158 cm³/mol. The van der Waals surface area contributed by atoms with Crippen LogP contribution in [0.15, 0.2) is 24.3 Å². The smallest absolute Gasteiger partial charge is 0.346 e. The third kappa shape index (κ3) is 6.52. The second-order valence-electron chi connectivity index (χ2n) is 13.1. The molecule has 0 radical (unpaired) electrons. The van der Waals surface area contributed by atoms with Crippen LogP contribution >= 0.6 is 11.3 Å². The fourth-order valence-electron chi connectivity index (χ4n) is 4.84. The van der Waals surface area contributed by atoms with Gasteiger partial charge in [0.1, 0.15) is 4.88 Å². The Morgan fingerprint density at radius 1 is 1.00 bits per heavy atom. The summed E-state index contributed by atoms with van der Waals surface area (Å²) in [5.74, 6) is -0.829. The first-order chi connectivity index (χ1) is 16.4. The van der Waals surface area contributed by atoms with Gasteiger partial charge in [0, 0.05) is 10.3 Å². The van der Waals surface area contributed by atoms with Crippen molar-refractivity contribution in [3.63, 3.8) is 0 Å². The number of aromatic carboxylic acids is 1. The number of hydrogen-bond donors (Lipinski definition) is 1. The number of aryl methyl sites for hydroxylation is 3. The van der Waals surface area contributed by atoms with E-state index < -0.39 is 14.3 Å². The maximum atomic E-state index is 11.7. The largest absolute Gasteiger partial charge is 0.477 e. The van der Waals surface area contributed by atoms with E-state index >= 15 is 0 Å². The normalized spacial score (nSPS) is 14.2. The molecule has 1 atom stereocenters. The summed E-state index contributed by atoms with van der Waals surface area (Å²) in [6.07, 6.45) is 4.09. The zero-order valence-electron chi connectivity index (χ0n) is 24.9. The molecule has 2 aromatic rings. The van der Waals surface area contributed by atoms with Crippen LogP contribution in [0.5, 0.6) is 0 Å². The van der Waals surface area contributed by atoms with Crippen LogP contribution in [0.4, 0.5) is 0 Å². The van der Waals surface area contributed by atoms with Gasteiger partial charge in [-0.1, -0.05) is 73.6 Å². The Morgan fingerprint density at radius 2 is 1.58 bits per heavy atom. The molecule has 0 saturated heterocycles. The molecular weight excluding hydrogens is 480 g/mol.